The molecule has 0 aromatic carbocycles. The van der Waals surface area contributed by atoms with E-state index < -0.39 is 6.10 Å². The lowest BCUT2D eigenvalue weighted by Crippen LogP contribution is -2.29. The zero-order valence-electron chi connectivity index (χ0n) is 10.9. The zero-order chi connectivity index (χ0) is 12.4. The number of rotatable bonds is 4. The van der Waals surface area contributed by atoms with E-state index in [-0.39, 0.29) is 12.2 Å². The van der Waals surface area contributed by atoms with Crippen LogP contribution < -0.4 is 0 Å². The summed E-state index contributed by atoms with van der Waals surface area (Å²) in [6.45, 7) is 6.96. The summed E-state index contributed by atoms with van der Waals surface area (Å²) >= 11 is 0. The first-order chi connectivity index (χ1) is 8.10. The molecule has 0 amide bonds. The first-order valence-electron chi connectivity index (χ1n) is 6.47. The van der Waals surface area contributed by atoms with Gasteiger partial charge in [-0.25, -0.2) is 0 Å². The van der Waals surface area contributed by atoms with Gasteiger partial charge in [0.05, 0.1) is 24.0 Å². The fraction of sp³-hybridized carbons (Fsp3) is 0.769. The quantitative estimate of drug-likeness (QED) is 0.868. The van der Waals surface area contributed by atoms with Crippen LogP contribution in [0.4, 0.5) is 0 Å². The average molecular weight is 238 g/mol. The largest absolute Gasteiger partial charge is 0.390 e. The number of hydrogen-bond acceptors (Lipinski definition) is 3. The summed E-state index contributed by atoms with van der Waals surface area (Å²) in [5, 5.41) is 14.6. The molecule has 0 bridgehead atoms. The molecule has 0 saturated carbocycles. The molecular formula is C13H22N2O2. The molecule has 1 saturated heterocycles. The lowest BCUT2D eigenvalue weighted by Gasteiger charge is -2.18. The summed E-state index contributed by atoms with van der Waals surface area (Å²) in [6, 6.07) is 2.05. The molecule has 0 spiro atoms. The van der Waals surface area contributed by atoms with E-state index >= 15 is 0 Å². The van der Waals surface area contributed by atoms with Crippen LogP contribution in [-0.2, 0) is 17.7 Å². The smallest absolute Gasteiger partial charge is 0.0857 e. The fourth-order valence-corrected chi connectivity index (χ4v) is 2.50. The molecule has 1 aliphatic heterocycles. The normalized spacial score (nSPS) is 26.4. The van der Waals surface area contributed by atoms with Crippen molar-refractivity contribution in [3.63, 3.8) is 0 Å². The number of ether oxygens (including phenoxy) is 1. The minimum Gasteiger partial charge on any atom is -0.390 e. The number of aliphatic hydroxyl groups is 1. The Labute approximate surface area is 103 Å². The Morgan fingerprint density at radius 3 is 2.94 bits per heavy atom. The van der Waals surface area contributed by atoms with Crippen molar-refractivity contribution in [1.82, 2.24) is 9.78 Å². The Morgan fingerprint density at radius 1 is 1.59 bits per heavy atom. The van der Waals surface area contributed by atoms with E-state index in [1.54, 1.807) is 0 Å². The molecule has 3 unspecified atom stereocenters. The molecule has 1 aliphatic rings. The lowest BCUT2D eigenvalue weighted by molar-refractivity contribution is -0.0285. The third-order valence-corrected chi connectivity index (χ3v) is 3.40. The molecule has 3 atom stereocenters. The van der Waals surface area contributed by atoms with Gasteiger partial charge in [0, 0.05) is 18.7 Å². The van der Waals surface area contributed by atoms with Crippen LogP contribution in [-0.4, -0.2) is 33.2 Å². The van der Waals surface area contributed by atoms with Crippen LogP contribution in [0.25, 0.3) is 0 Å². The highest BCUT2D eigenvalue weighted by Crippen LogP contribution is 2.23. The van der Waals surface area contributed by atoms with Gasteiger partial charge in [-0.15, -0.1) is 0 Å². The molecule has 1 aromatic heterocycles. The Morgan fingerprint density at radius 2 is 2.35 bits per heavy atom. The van der Waals surface area contributed by atoms with E-state index in [9.17, 15) is 5.11 Å². The Bertz CT molecular complexity index is 375. The molecule has 2 heterocycles. The number of aliphatic hydroxyl groups excluding tert-OH is 1. The number of aromatic nitrogens is 2. The van der Waals surface area contributed by atoms with E-state index in [1.165, 1.54) is 0 Å². The molecule has 4 nitrogen and oxygen atoms in total. The highest BCUT2D eigenvalue weighted by Gasteiger charge is 2.29. The van der Waals surface area contributed by atoms with Gasteiger partial charge >= 0.3 is 0 Å². The molecule has 0 aliphatic carbocycles. The van der Waals surface area contributed by atoms with Gasteiger partial charge < -0.3 is 9.84 Å². The molecule has 1 fully saturated rings. The van der Waals surface area contributed by atoms with Crippen LogP contribution in [0.15, 0.2) is 6.07 Å². The predicted octanol–water partition coefficient (Wildman–Crippen LogP) is 1.68. The van der Waals surface area contributed by atoms with Crippen molar-refractivity contribution in [3.05, 3.63) is 17.5 Å². The zero-order valence-corrected chi connectivity index (χ0v) is 10.9. The second-order valence-corrected chi connectivity index (χ2v) is 4.93. The molecule has 4 heteroatoms. The maximum absolute atomic E-state index is 10.2. The molecule has 96 valence electrons. The van der Waals surface area contributed by atoms with Crippen molar-refractivity contribution in [2.45, 2.75) is 64.9 Å². The van der Waals surface area contributed by atoms with Gasteiger partial charge in [-0.3, -0.25) is 4.68 Å². The van der Waals surface area contributed by atoms with Gasteiger partial charge in [0.15, 0.2) is 0 Å². The minimum atomic E-state index is -0.415. The fourth-order valence-electron chi connectivity index (χ4n) is 2.50. The van der Waals surface area contributed by atoms with Gasteiger partial charge in [0.2, 0.25) is 0 Å². The van der Waals surface area contributed by atoms with Gasteiger partial charge in [0.1, 0.15) is 0 Å². The van der Waals surface area contributed by atoms with Crippen molar-refractivity contribution < 1.29 is 9.84 Å². The topological polar surface area (TPSA) is 47.3 Å². The molecule has 1 N–H and O–H groups in total. The second kappa shape index (κ2) is 5.19. The number of aryl methyl sites for hydroxylation is 2. The van der Waals surface area contributed by atoms with Crippen molar-refractivity contribution in [2.75, 3.05) is 0 Å². The summed E-state index contributed by atoms with van der Waals surface area (Å²) in [5.74, 6) is 0. The molecule has 1 aromatic rings. The Balaban J connectivity index is 1.99. The Kier molecular flexibility index (Phi) is 3.84. The summed E-state index contributed by atoms with van der Waals surface area (Å²) in [4.78, 5) is 0. The standard InChI is InChI=1S/C13H22N2O2/c1-4-15-11(7-9(2)14-15)8-12(16)13-6-5-10(3)17-13/h7,10,12-13,16H,4-6,8H2,1-3H3. The van der Waals surface area contributed by atoms with Crippen LogP contribution in [0.2, 0.25) is 0 Å². The average Bonchev–Trinajstić information content (AvgIpc) is 2.85. The summed E-state index contributed by atoms with van der Waals surface area (Å²) in [5.41, 5.74) is 2.11. The third kappa shape index (κ3) is 2.87. The van der Waals surface area contributed by atoms with Gasteiger partial charge in [-0.05, 0) is 39.7 Å². The monoisotopic (exact) mass is 238 g/mol. The summed E-state index contributed by atoms with van der Waals surface area (Å²) in [6.07, 6.45) is 2.50. The molecular weight excluding hydrogens is 216 g/mol. The SMILES string of the molecule is CCn1nc(C)cc1CC(O)C1CCC(C)O1. The van der Waals surface area contributed by atoms with Gasteiger partial charge in [-0.1, -0.05) is 0 Å². The van der Waals surface area contributed by atoms with Crippen molar-refractivity contribution in [2.24, 2.45) is 0 Å². The van der Waals surface area contributed by atoms with Crippen molar-refractivity contribution in [1.29, 1.82) is 0 Å². The predicted molar refractivity (Wildman–Crippen MR) is 65.9 cm³/mol. The molecule has 17 heavy (non-hydrogen) atoms. The van der Waals surface area contributed by atoms with Crippen LogP contribution in [0, 0.1) is 6.92 Å². The molecule has 0 radical (unpaired) electrons. The van der Waals surface area contributed by atoms with Gasteiger partial charge in [-0.2, -0.15) is 5.10 Å². The third-order valence-electron chi connectivity index (χ3n) is 3.40. The minimum absolute atomic E-state index is 0.00878. The number of hydrogen-bond donors (Lipinski definition) is 1. The van der Waals surface area contributed by atoms with Crippen LogP contribution in [0.3, 0.4) is 0 Å². The maximum Gasteiger partial charge on any atom is 0.0857 e. The van der Waals surface area contributed by atoms with E-state index in [4.69, 9.17) is 4.74 Å². The van der Waals surface area contributed by atoms with Crippen molar-refractivity contribution in [3.8, 4) is 0 Å². The first-order valence-corrected chi connectivity index (χ1v) is 6.47. The maximum atomic E-state index is 10.2. The number of nitrogens with zero attached hydrogens (tertiary/aromatic N) is 2. The molecule has 2 rings (SSSR count). The second-order valence-electron chi connectivity index (χ2n) is 4.93. The van der Waals surface area contributed by atoms with Gasteiger partial charge in [0.25, 0.3) is 0 Å². The van der Waals surface area contributed by atoms with Crippen molar-refractivity contribution >= 4 is 0 Å². The summed E-state index contributed by atoms with van der Waals surface area (Å²) in [7, 11) is 0. The van der Waals surface area contributed by atoms with E-state index in [1.807, 2.05) is 17.7 Å². The van der Waals surface area contributed by atoms with E-state index in [0.29, 0.717) is 6.42 Å². The van der Waals surface area contributed by atoms with E-state index in [0.717, 1.165) is 30.8 Å². The lowest BCUT2D eigenvalue weighted by atomic mass is 10.1. The Hall–Kier alpha value is -0.870. The van der Waals surface area contributed by atoms with Crippen LogP contribution >= 0.6 is 0 Å². The van der Waals surface area contributed by atoms with Crippen LogP contribution in [0.1, 0.15) is 38.1 Å². The van der Waals surface area contributed by atoms with E-state index in [2.05, 4.69) is 18.9 Å². The first kappa shape index (κ1) is 12.6. The van der Waals surface area contributed by atoms with Crippen LogP contribution in [0.5, 0.6) is 0 Å². The highest BCUT2D eigenvalue weighted by molar-refractivity contribution is 5.10. The highest BCUT2D eigenvalue weighted by atomic mass is 16.5. The summed E-state index contributed by atoms with van der Waals surface area (Å²) < 4.78 is 7.65.